The molecule has 12 heavy (non-hydrogen) atoms. The SMILES string of the molecule is CN1CCC(C[C@H](N)C=O)CC1. The third kappa shape index (κ3) is 2.91. The molecule has 0 unspecified atom stereocenters. The lowest BCUT2D eigenvalue weighted by atomic mass is 9.91. The van der Waals surface area contributed by atoms with E-state index in [0.29, 0.717) is 5.92 Å². The van der Waals surface area contributed by atoms with Gasteiger partial charge in [0.25, 0.3) is 0 Å². The van der Waals surface area contributed by atoms with Gasteiger partial charge < -0.3 is 15.4 Å². The summed E-state index contributed by atoms with van der Waals surface area (Å²) in [6.07, 6.45) is 4.12. The molecule has 1 fully saturated rings. The molecule has 0 aromatic heterocycles. The lowest BCUT2D eigenvalue weighted by Crippen LogP contribution is -2.34. The van der Waals surface area contributed by atoms with Crippen LogP contribution in [-0.4, -0.2) is 37.4 Å². The van der Waals surface area contributed by atoms with E-state index >= 15 is 0 Å². The molecule has 0 saturated carbocycles. The Morgan fingerprint density at radius 1 is 1.58 bits per heavy atom. The molecule has 0 aliphatic carbocycles. The van der Waals surface area contributed by atoms with Crippen molar-refractivity contribution in [2.45, 2.75) is 25.3 Å². The van der Waals surface area contributed by atoms with Crippen molar-refractivity contribution >= 4 is 6.29 Å². The van der Waals surface area contributed by atoms with Gasteiger partial charge in [0.15, 0.2) is 0 Å². The largest absolute Gasteiger partial charge is 0.322 e. The van der Waals surface area contributed by atoms with Gasteiger partial charge in [-0.25, -0.2) is 0 Å². The van der Waals surface area contributed by atoms with Crippen LogP contribution in [-0.2, 0) is 4.79 Å². The zero-order valence-electron chi connectivity index (χ0n) is 7.70. The third-order valence-electron chi connectivity index (χ3n) is 2.62. The Bertz CT molecular complexity index is 141. The Hall–Kier alpha value is -0.410. The number of nitrogens with two attached hydrogens (primary N) is 1. The van der Waals surface area contributed by atoms with Crippen LogP contribution in [0.2, 0.25) is 0 Å². The summed E-state index contributed by atoms with van der Waals surface area (Å²) in [6, 6.07) is -0.238. The molecule has 2 N–H and O–H groups in total. The van der Waals surface area contributed by atoms with Gasteiger partial charge in [-0.15, -0.1) is 0 Å². The topological polar surface area (TPSA) is 46.3 Å². The second-order valence-electron chi connectivity index (χ2n) is 3.78. The summed E-state index contributed by atoms with van der Waals surface area (Å²) < 4.78 is 0. The molecular weight excluding hydrogens is 152 g/mol. The predicted molar refractivity (Wildman–Crippen MR) is 48.9 cm³/mol. The van der Waals surface area contributed by atoms with Crippen molar-refractivity contribution in [3.8, 4) is 0 Å². The second kappa shape index (κ2) is 4.58. The van der Waals surface area contributed by atoms with Crippen molar-refractivity contribution in [1.82, 2.24) is 4.90 Å². The van der Waals surface area contributed by atoms with Gasteiger partial charge in [-0.05, 0) is 45.3 Å². The molecule has 0 bridgehead atoms. The molecule has 1 aliphatic rings. The summed E-state index contributed by atoms with van der Waals surface area (Å²) in [4.78, 5) is 12.6. The summed E-state index contributed by atoms with van der Waals surface area (Å²) in [7, 11) is 2.13. The molecule has 1 saturated heterocycles. The first-order valence-corrected chi connectivity index (χ1v) is 4.62. The van der Waals surface area contributed by atoms with Crippen molar-refractivity contribution < 1.29 is 4.79 Å². The smallest absolute Gasteiger partial charge is 0.136 e. The summed E-state index contributed by atoms with van der Waals surface area (Å²) >= 11 is 0. The molecular formula is C9H18N2O. The lowest BCUT2D eigenvalue weighted by molar-refractivity contribution is -0.109. The number of rotatable bonds is 3. The number of hydrogen-bond acceptors (Lipinski definition) is 3. The molecule has 0 amide bonds. The molecule has 1 heterocycles. The van der Waals surface area contributed by atoms with Crippen molar-refractivity contribution in [1.29, 1.82) is 0 Å². The van der Waals surface area contributed by atoms with E-state index in [2.05, 4.69) is 11.9 Å². The molecule has 3 nitrogen and oxygen atoms in total. The summed E-state index contributed by atoms with van der Waals surface area (Å²) in [5.41, 5.74) is 5.56. The Balaban J connectivity index is 2.21. The molecule has 1 aliphatic heterocycles. The van der Waals surface area contributed by atoms with Crippen LogP contribution in [0.15, 0.2) is 0 Å². The highest BCUT2D eigenvalue weighted by atomic mass is 16.1. The van der Waals surface area contributed by atoms with Gasteiger partial charge in [0.2, 0.25) is 0 Å². The van der Waals surface area contributed by atoms with E-state index < -0.39 is 0 Å². The quantitative estimate of drug-likeness (QED) is 0.617. The molecule has 1 rings (SSSR count). The Kier molecular flexibility index (Phi) is 3.69. The predicted octanol–water partition coefficient (Wildman–Crippen LogP) is 0.244. The van der Waals surface area contributed by atoms with Gasteiger partial charge >= 0.3 is 0 Å². The molecule has 0 aromatic rings. The number of likely N-dealkylation sites (tertiary alicyclic amines) is 1. The van der Waals surface area contributed by atoms with Crippen molar-refractivity contribution in [3.05, 3.63) is 0 Å². The summed E-state index contributed by atoms with van der Waals surface area (Å²) in [5, 5.41) is 0. The molecule has 1 atom stereocenters. The number of carbonyl (C=O) groups is 1. The fourth-order valence-corrected chi connectivity index (χ4v) is 1.74. The summed E-state index contributed by atoms with van der Waals surface area (Å²) in [5.74, 6) is 0.668. The monoisotopic (exact) mass is 170 g/mol. The highest BCUT2D eigenvalue weighted by molar-refractivity contribution is 5.56. The van der Waals surface area contributed by atoms with E-state index in [1.54, 1.807) is 0 Å². The van der Waals surface area contributed by atoms with E-state index in [-0.39, 0.29) is 6.04 Å². The van der Waals surface area contributed by atoms with Gasteiger partial charge in [0, 0.05) is 0 Å². The maximum Gasteiger partial charge on any atom is 0.136 e. The fourth-order valence-electron chi connectivity index (χ4n) is 1.74. The maximum absolute atomic E-state index is 10.3. The van der Waals surface area contributed by atoms with E-state index in [1.807, 2.05) is 0 Å². The first-order valence-electron chi connectivity index (χ1n) is 4.62. The molecule has 0 spiro atoms. The zero-order valence-corrected chi connectivity index (χ0v) is 7.70. The molecule has 70 valence electrons. The summed E-state index contributed by atoms with van der Waals surface area (Å²) in [6.45, 7) is 2.30. The van der Waals surface area contributed by atoms with Crippen LogP contribution in [0.5, 0.6) is 0 Å². The average Bonchev–Trinajstić information content (AvgIpc) is 2.09. The van der Waals surface area contributed by atoms with Crippen LogP contribution in [0, 0.1) is 5.92 Å². The first-order chi connectivity index (χ1) is 5.72. The minimum Gasteiger partial charge on any atom is -0.322 e. The van der Waals surface area contributed by atoms with Crippen molar-refractivity contribution in [2.24, 2.45) is 11.7 Å². The maximum atomic E-state index is 10.3. The minimum absolute atomic E-state index is 0.238. The van der Waals surface area contributed by atoms with Gasteiger partial charge in [0.1, 0.15) is 6.29 Å². The number of aldehydes is 1. The normalized spacial score (nSPS) is 23.8. The minimum atomic E-state index is -0.238. The van der Waals surface area contributed by atoms with Gasteiger partial charge in [-0.2, -0.15) is 0 Å². The number of nitrogens with zero attached hydrogens (tertiary/aromatic N) is 1. The van der Waals surface area contributed by atoms with E-state index in [0.717, 1.165) is 25.8 Å². The molecule has 3 heteroatoms. The van der Waals surface area contributed by atoms with Crippen LogP contribution in [0.1, 0.15) is 19.3 Å². The van der Waals surface area contributed by atoms with Gasteiger partial charge in [-0.3, -0.25) is 0 Å². The Labute approximate surface area is 73.9 Å². The Morgan fingerprint density at radius 3 is 2.67 bits per heavy atom. The van der Waals surface area contributed by atoms with E-state index in [9.17, 15) is 4.79 Å². The standard InChI is InChI=1S/C9H18N2O/c1-11-4-2-8(3-5-11)6-9(10)7-12/h7-9H,2-6,10H2,1H3/t9-/m0/s1. The van der Waals surface area contributed by atoms with Crippen molar-refractivity contribution in [3.63, 3.8) is 0 Å². The van der Waals surface area contributed by atoms with Crippen LogP contribution >= 0.6 is 0 Å². The lowest BCUT2D eigenvalue weighted by Gasteiger charge is -2.29. The van der Waals surface area contributed by atoms with Crippen LogP contribution in [0.3, 0.4) is 0 Å². The van der Waals surface area contributed by atoms with Crippen LogP contribution in [0.4, 0.5) is 0 Å². The Morgan fingerprint density at radius 2 is 2.17 bits per heavy atom. The highest BCUT2D eigenvalue weighted by Crippen LogP contribution is 2.19. The average molecular weight is 170 g/mol. The van der Waals surface area contributed by atoms with Gasteiger partial charge in [-0.1, -0.05) is 0 Å². The number of piperidine rings is 1. The zero-order chi connectivity index (χ0) is 8.97. The van der Waals surface area contributed by atoms with Crippen molar-refractivity contribution in [2.75, 3.05) is 20.1 Å². The van der Waals surface area contributed by atoms with E-state index in [4.69, 9.17) is 5.73 Å². The fraction of sp³-hybridized carbons (Fsp3) is 0.889. The third-order valence-corrected chi connectivity index (χ3v) is 2.62. The molecule has 0 aromatic carbocycles. The number of hydrogen-bond donors (Lipinski definition) is 1. The molecule has 0 radical (unpaired) electrons. The highest BCUT2D eigenvalue weighted by Gasteiger charge is 2.18. The van der Waals surface area contributed by atoms with E-state index in [1.165, 1.54) is 12.8 Å². The van der Waals surface area contributed by atoms with Crippen LogP contribution in [0.25, 0.3) is 0 Å². The number of carbonyl (C=O) groups excluding carboxylic acids is 1. The first kappa shape index (κ1) is 9.68. The second-order valence-corrected chi connectivity index (χ2v) is 3.78. The van der Waals surface area contributed by atoms with Gasteiger partial charge in [0.05, 0.1) is 6.04 Å². The van der Waals surface area contributed by atoms with Crippen LogP contribution < -0.4 is 5.73 Å².